The van der Waals surface area contributed by atoms with Gasteiger partial charge in [0.2, 0.25) is 0 Å². The van der Waals surface area contributed by atoms with Crippen LogP contribution in [-0.4, -0.2) is 29.4 Å². The quantitative estimate of drug-likeness (QED) is 0.531. The minimum atomic E-state index is 0.958. The van der Waals surface area contributed by atoms with Gasteiger partial charge in [0.15, 0.2) is 0 Å². The first-order valence-corrected chi connectivity index (χ1v) is 3.14. The fourth-order valence-corrected chi connectivity index (χ4v) is 0.538. The molecule has 2 heterocycles. The maximum atomic E-state index is 3.85. The van der Waals surface area contributed by atoms with Gasteiger partial charge < -0.3 is 10.3 Å². The molecule has 0 atom stereocenters. The summed E-state index contributed by atoms with van der Waals surface area (Å²) < 4.78 is 0. The Morgan fingerprint density at radius 3 is 2.60 bits per heavy atom. The minimum absolute atomic E-state index is 0.958. The van der Waals surface area contributed by atoms with Crippen LogP contribution in [0.15, 0.2) is 23.7 Å². The van der Waals surface area contributed by atoms with Gasteiger partial charge in [-0.1, -0.05) is 0 Å². The Morgan fingerprint density at radius 2 is 2.40 bits per heavy atom. The van der Waals surface area contributed by atoms with E-state index in [9.17, 15) is 0 Å². The first kappa shape index (κ1) is 6.80. The Hall–Kier alpha value is -1.32. The average Bonchev–Trinajstić information content (AvgIpc) is 2.67. The summed E-state index contributed by atoms with van der Waals surface area (Å²) in [6, 6.07) is 0. The fraction of sp³-hybridized carbons (Fsp3) is 0.333. The van der Waals surface area contributed by atoms with Crippen LogP contribution in [0.3, 0.4) is 0 Å². The molecule has 1 aliphatic rings. The van der Waals surface area contributed by atoms with E-state index < -0.39 is 0 Å². The number of nitrogens with one attached hydrogen (secondary N) is 2. The molecule has 0 radical (unpaired) electrons. The summed E-state index contributed by atoms with van der Waals surface area (Å²) in [5.74, 6) is 0. The summed E-state index contributed by atoms with van der Waals surface area (Å²) in [6.45, 7) is 1.99. The molecular weight excluding hydrogens is 128 g/mol. The first-order valence-electron chi connectivity index (χ1n) is 3.14. The molecule has 1 aromatic rings. The number of hydrogen-bond acceptors (Lipinski definition) is 3. The van der Waals surface area contributed by atoms with E-state index in [0.29, 0.717) is 0 Å². The van der Waals surface area contributed by atoms with Crippen molar-refractivity contribution in [3.8, 4) is 0 Å². The number of nitrogens with zero attached hydrogens (tertiary/aromatic N) is 2. The SMILES string of the molecule is C1=NCCN1.c1c[nH]cn1. The number of imidazole rings is 1. The highest BCUT2D eigenvalue weighted by Crippen LogP contribution is 1.68. The molecule has 0 aliphatic carbocycles. The van der Waals surface area contributed by atoms with Crippen LogP contribution >= 0.6 is 0 Å². The first-order chi connectivity index (χ1) is 5.00. The van der Waals surface area contributed by atoms with Crippen molar-refractivity contribution in [3.63, 3.8) is 0 Å². The van der Waals surface area contributed by atoms with E-state index in [1.807, 2.05) is 0 Å². The molecule has 1 aliphatic heterocycles. The predicted octanol–water partition coefficient (Wildman–Crippen LogP) is 0.0276. The Morgan fingerprint density at radius 1 is 1.40 bits per heavy atom. The van der Waals surface area contributed by atoms with Gasteiger partial charge in [-0.2, -0.15) is 0 Å². The largest absolute Gasteiger partial charge is 0.375 e. The fourth-order valence-electron chi connectivity index (χ4n) is 0.538. The highest BCUT2D eigenvalue weighted by Gasteiger charge is 1.82. The van der Waals surface area contributed by atoms with E-state index in [2.05, 4.69) is 20.3 Å². The smallest absolute Gasteiger partial charge is 0.0919 e. The van der Waals surface area contributed by atoms with Gasteiger partial charge in [0, 0.05) is 18.9 Å². The standard InChI is InChI=1S/C3H6N2.C3H4N2/c2*1-2-5-3-4-1/h3H,1-2H2,(H,4,5);1-3H,(H,4,5). The van der Waals surface area contributed by atoms with Crippen molar-refractivity contribution in [1.82, 2.24) is 15.3 Å². The Bertz CT molecular complexity index is 145. The van der Waals surface area contributed by atoms with E-state index in [4.69, 9.17) is 0 Å². The zero-order valence-electron chi connectivity index (χ0n) is 5.62. The molecule has 0 bridgehead atoms. The number of aromatic nitrogens is 2. The van der Waals surface area contributed by atoms with Crippen LogP contribution in [0.5, 0.6) is 0 Å². The molecule has 4 nitrogen and oxygen atoms in total. The molecule has 0 saturated carbocycles. The Balaban J connectivity index is 0.0000001000. The second-order valence-electron chi connectivity index (χ2n) is 1.75. The summed E-state index contributed by atoms with van der Waals surface area (Å²) in [6.07, 6.45) is 6.82. The molecule has 10 heavy (non-hydrogen) atoms. The highest BCUT2D eigenvalue weighted by molar-refractivity contribution is 5.56. The molecule has 2 rings (SSSR count). The third kappa shape index (κ3) is 2.86. The minimum Gasteiger partial charge on any atom is -0.375 e. The number of rotatable bonds is 0. The molecule has 2 N–H and O–H groups in total. The number of aromatic amines is 1. The molecule has 0 fully saturated rings. The summed E-state index contributed by atoms with van der Waals surface area (Å²) in [5, 5.41) is 2.93. The number of hydrogen-bond donors (Lipinski definition) is 2. The average molecular weight is 138 g/mol. The zero-order chi connectivity index (χ0) is 7.07. The third-order valence-corrected chi connectivity index (χ3v) is 0.974. The topological polar surface area (TPSA) is 53.1 Å². The molecule has 0 unspecified atom stereocenters. The lowest BCUT2D eigenvalue weighted by molar-refractivity contribution is 0.965. The Labute approximate surface area is 59.4 Å². The molecule has 0 spiro atoms. The van der Waals surface area contributed by atoms with Gasteiger partial charge in [-0.15, -0.1) is 0 Å². The van der Waals surface area contributed by atoms with Gasteiger partial charge in [0.05, 0.1) is 19.2 Å². The van der Waals surface area contributed by atoms with Crippen molar-refractivity contribution in [3.05, 3.63) is 18.7 Å². The van der Waals surface area contributed by atoms with Crippen LogP contribution in [0.25, 0.3) is 0 Å². The molecule has 0 amide bonds. The van der Waals surface area contributed by atoms with E-state index in [1.54, 1.807) is 25.1 Å². The summed E-state index contributed by atoms with van der Waals surface area (Å²) in [5.41, 5.74) is 0. The van der Waals surface area contributed by atoms with Gasteiger partial charge in [-0.25, -0.2) is 4.98 Å². The maximum Gasteiger partial charge on any atom is 0.0919 e. The van der Waals surface area contributed by atoms with Crippen LogP contribution in [-0.2, 0) is 0 Å². The van der Waals surface area contributed by atoms with Gasteiger partial charge >= 0.3 is 0 Å². The van der Waals surface area contributed by atoms with E-state index in [1.165, 1.54) is 0 Å². The van der Waals surface area contributed by atoms with Crippen molar-refractivity contribution in [2.24, 2.45) is 4.99 Å². The van der Waals surface area contributed by atoms with Gasteiger partial charge in [-0.05, 0) is 0 Å². The highest BCUT2D eigenvalue weighted by atomic mass is 15.0. The molecule has 1 aromatic heterocycles. The maximum absolute atomic E-state index is 3.85. The summed E-state index contributed by atoms with van der Waals surface area (Å²) in [7, 11) is 0. The normalized spacial score (nSPS) is 13.6. The lowest BCUT2D eigenvalue weighted by Gasteiger charge is -1.75. The van der Waals surface area contributed by atoms with Crippen molar-refractivity contribution in [1.29, 1.82) is 0 Å². The lowest BCUT2D eigenvalue weighted by atomic mass is 10.7. The van der Waals surface area contributed by atoms with Crippen LogP contribution in [0.1, 0.15) is 0 Å². The van der Waals surface area contributed by atoms with Crippen LogP contribution in [0.4, 0.5) is 0 Å². The predicted molar refractivity (Wildman–Crippen MR) is 39.9 cm³/mol. The second-order valence-corrected chi connectivity index (χ2v) is 1.75. The second kappa shape index (κ2) is 4.55. The van der Waals surface area contributed by atoms with Crippen LogP contribution < -0.4 is 5.32 Å². The molecule has 54 valence electrons. The van der Waals surface area contributed by atoms with Gasteiger partial charge in [-0.3, -0.25) is 4.99 Å². The lowest BCUT2D eigenvalue weighted by Crippen LogP contribution is -2.04. The van der Waals surface area contributed by atoms with E-state index in [-0.39, 0.29) is 0 Å². The molecule has 0 aromatic carbocycles. The van der Waals surface area contributed by atoms with E-state index >= 15 is 0 Å². The van der Waals surface area contributed by atoms with Crippen molar-refractivity contribution < 1.29 is 0 Å². The summed E-state index contributed by atoms with van der Waals surface area (Å²) in [4.78, 5) is 10.3. The zero-order valence-corrected chi connectivity index (χ0v) is 5.62. The number of H-pyrrole nitrogens is 1. The summed E-state index contributed by atoms with van der Waals surface area (Å²) >= 11 is 0. The van der Waals surface area contributed by atoms with E-state index in [0.717, 1.165) is 13.1 Å². The van der Waals surface area contributed by atoms with Gasteiger partial charge in [0.1, 0.15) is 0 Å². The number of aliphatic imine (C=N–C) groups is 1. The van der Waals surface area contributed by atoms with Crippen LogP contribution in [0.2, 0.25) is 0 Å². The monoisotopic (exact) mass is 138 g/mol. The Kier molecular flexibility index (Phi) is 3.09. The van der Waals surface area contributed by atoms with Crippen LogP contribution in [0, 0.1) is 0 Å². The molecule has 4 heteroatoms. The third-order valence-electron chi connectivity index (χ3n) is 0.974. The van der Waals surface area contributed by atoms with Gasteiger partial charge in [0.25, 0.3) is 0 Å². The van der Waals surface area contributed by atoms with Crippen molar-refractivity contribution in [2.45, 2.75) is 0 Å². The van der Waals surface area contributed by atoms with Crippen molar-refractivity contribution >= 4 is 6.34 Å². The molecule has 0 saturated heterocycles. The molecular formula is C6H10N4. The van der Waals surface area contributed by atoms with Crippen molar-refractivity contribution in [2.75, 3.05) is 13.1 Å².